The molecule has 3 rings (SSSR count). The summed E-state index contributed by atoms with van der Waals surface area (Å²) in [6, 6.07) is 11.9. The van der Waals surface area contributed by atoms with E-state index in [-0.39, 0.29) is 11.8 Å². The van der Waals surface area contributed by atoms with Crippen LogP contribution < -0.4 is 15.4 Å². The first-order chi connectivity index (χ1) is 14.2. The fourth-order valence-corrected chi connectivity index (χ4v) is 4.27. The van der Waals surface area contributed by atoms with Crippen molar-refractivity contribution in [2.24, 2.45) is 0 Å². The number of aryl methyl sites for hydroxylation is 1. The van der Waals surface area contributed by atoms with Crippen LogP contribution in [0, 0.1) is 6.92 Å². The molecular formula is C20H22F3N3O3S. The SMILES string of the molecule is Cc1ccc(S(=O)N2CCC(NC(=O)Nc3ccc(OC(F)(F)F)cc3)CC2)cc1. The average molecular weight is 441 g/mol. The number of rotatable bonds is 5. The van der Waals surface area contributed by atoms with Crippen molar-refractivity contribution in [2.45, 2.75) is 37.1 Å². The lowest BCUT2D eigenvalue weighted by Crippen LogP contribution is -2.46. The number of carbonyl (C=O) groups excluding carboxylic acids is 1. The fraction of sp³-hybridized carbons (Fsp3) is 0.350. The Morgan fingerprint density at radius 2 is 1.67 bits per heavy atom. The molecule has 0 aliphatic carbocycles. The van der Waals surface area contributed by atoms with Crippen molar-refractivity contribution < 1.29 is 26.9 Å². The maximum atomic E-state index is 12.7. The zero-order valence-corrected chi connectivity index (χ0v) is 17.1. The second-order valence-electron chi connectivity index (χ2n) is 6.94. The Balaban J connectivity index is 1.45. The second-order valence-corrected chi connectivity index (χ2v) is 8.42. The molecule has 1 fully saturated rings. The predicted octanol–water partition coefficient (Wildman–Crippen LogP) is 4.20. The third-order valence-electron chi connectivity index (χ3n) is 4.59. The number of benzene rings is 2. The molecule has 0 saturated carbocycles. The van der Waals surface area contributed by atoms with Crippen LogP contribution >= 0.6 is 0 Å². The van der Waals surface area contributed by atoms with E-state index >= 15 is 0 Å². The molecule has 1 aliphatic heterocycles. The summed E-state index contributed by atoms with van der Waals surface area (Å²) in [6.45, 7) is 3.13. The Bertz CT molecular complexity index is 881. The van der Waals surface area contributed by atoms with E-state index in [1.54, 1.807) is 0 Å². The van der Waals surface area contributed by atoms with Crippen LogP contribution in [-0.4, -0.2) is 40.0 Å². The van der Waals surface area contributed by atoms with Gasteiger partial charge >= 0.3 is 12.4 Å². The maximum absolute atomic E-state index is 12.7. The first-order valence-corrected chi connectivity index (χ1v) is 10.5. The number of hydrogen-bond acceptors (Lipinski definition) is 3. The minimum absolute atomic E-state index is 0.0795. The van der Waals surface area contributed by atoms with Gasteiger partial charge in [0.05, 0.1) is 4.90 Å². The maximum Gasteiger partial charge on any atom is 0.573 e. The number of anilines is 1. The van der Waals surface area contributed by atoms with Crippen LogP contribution in [0.1, 0.15) is 18.4 Å². The molecule has 30 heavy (non-hydrogen) atoms. The minimum atomic E-state index is -4.76. The van der Waals surface area contributed by atoms with Crippen LogP contribution in [0.5, 0.6) is 5.75 Å². The monoisotopic (exact) mass is 441 g/mol. The van der Waals surface area contributed by atoms with Crippen LogP contribution in [0.15, 0.2) is 53.4 Å². The van der Waals surface area contributed by atoms with Gasteiger partial charge in [-0.2, -0.15) is 0 Å². The van der Waals surface area contributed by atoms with Gasteiger partial charge in [0, 0.05) is 24.8 Å². The van der Waals surface area contributed by atoms with E-state index in [0.717, 1.165) is 22.6 Å². The molecule has 2 aromatic carbocycles. The van der Waals surface area contributed by atoms with E-state index in [1.807, 2.05) is 35.5 Å². The summed E-state index contributed by atoms with van der Waals surface area (Å²) < 4.78 is 54.9. The largest absolute Gasteiger partial charge is 0.573 e. The van der Waals surface area contributed by atoms with Gasteiger partial charge in [-0.05, 0) is 56.2 Å². The number of urea groups is 1. The number of piperidine rings is 1. The summed E-state index contributed by atoms with van der Waals surface area (Å²) in [6.07, 6.45) is -3.48. The van der Waals surface area contributed by atoms with Gasteiger partial charge in [0.15, 0.2) is 0 Å². The van der Waals surface area contributed by atoms with Gasteiger partial charge in [-0.3, -0.25) is 0 Å². The third-order valence-corrected chi connectivity index (χ3v) is 6.10. The lowest BCUT2D eigenvalue weighted by molar-refractivity contribution is -0.274. The van der Waals surface area contributed by atoms with Crippen molar-refractivity contribution in [1.29, 1.82) is 0 Å². The summed E-state index contributed by atoms with van der Waals surface area (Å²) >= 11 is 0. The quantitative estimate of drug-likeness (QED) is 0.731. The lowest BCUT2D eigenvalue weighted by Gasteiger charge is -2.31. The molecule has 2 amide bonds. The van der Waals surface area contributed by atoms with E-state index in [0.29, 0.717) is 31.6 Å². The molecule has 1 heterocycles. The average Bonchev–Trinajstić information content (AvgIpc) is 2.69. The Morgan fingerprint density at radius 1 is 1.07 bits per heavy atom. The van der Waals surface area contributed by atoms with Crippen LogP contribution in [0.2, 0.25) is 0 Å². The number of carbonyl (C=O) groups is 1. The molecule has 0 aromatic heterocycles. The van der Waals surface area contributed by atoms with Gasteiger partial charge in [0.25, 0.3) is 0 Å². The Kier molecular flexibility index (Phi) is 6.99. The van der Waals surface area contributed by atoms with Crippen molar-refractivity contribution in [3.8, 4) is 5.75 Å². The molecule has 0 radical (unpaired) electrons. The highest BCUT2D eigenvalue weighted by atomic mass is 32.2. The summed E-state index contributed by atoms with van der Waals surface area (Å²) in [7, 11) is -1.23. The number of nitrogens with zero attached hydrogens (tertiary/aromatic N) is 1. The summed E-state index contributed by atoms with van der Waals surface area (Å²) in [4.78, 5) is 12.9. The third kappa shape index (κ3) is 6.46. The molecule has 1 unspecified atom stereocenters. The number of nitrogens with one attached hydrogen (secondary N) is 2. The fourth-order valence-electron chi connectivity index (χ4n) is 3.06. The van der Waals surface area contributed by atoms with E-state index in [2.05, 4.69) is 15.4 Å². The highest BCUT2D eigenvalue weighted by Crippen LogP contribution is 2.24. The normalized spacial score (nSPS) is 16.7. The highest BCUT2D eigenvalue weighted by Gasteiger charge is 2.31. The molecule has 0 spiro atoms. The minimum Gasteiger partial charge on any atom is -0.406 e. The molecule has 2 aromatic rings. The van der Waals surface area contributed by atoms with Crippen molar-refractivity contribution in [3.63, 3.8) is 0 Å². The Hall–Kier alpha value is -2.59. The van der Waals surface area contributed by atoms with Crippen LogP contribution in [-0.2, 0) is 11.0 Å². The lowest BCUT2D eigenvalue weighted by atomic mass is 10.1. The second kappa shape index (κ2) is 9.48. The highest BCUT2D eigenvalue weighted by molar-refractivity contribution is 7.82. The van der Waals surface area contributed by atoms with Gasteiger partial charge in [0.2, 0.25) is 0 Å². The van der Waals surface area contributed by atoms with E-state index < -0.39 is 23.4 Å². The summed E-state index contributed by atoms with van der Waals surface area (Å²) in [5.74, 6) is -0.359. The molecule has 0 bridgehead atoms. The summed E-state index contributed by atoms with van der Waals surface area (Å²) in [5.41, 5.74) is 1.45. The Morgan fingerprint density at radius 3 is 2.23 bits per heavy atom. The zero-order valence-electron chi connectivity index (χ0n) is 16.2. The first-order valence-electron chi connectivity index (χ1n) is 9.36. The molecule has 6 nitrogen and oxygen atoms in total. The predicted molar refractivity (Wildman–Crippen MR) is 107 cm³/mol. The molecule has 10 heteroatoms. The molecule has 162 valence electrons. The van der Waals surface area contributed by atoms with Gasteiger partial charge < -0.3 is 15.4 Å². The number of alkyl halides is 3. The Labute approximate surface area is 175 Å². The molecular weight excluding hydrogens is 419 g/mol. The van der Waals surface area contributed by atoms with Gasteiger partial charge in [-0.25, -0.2) is 13.3 Å². The smallest absolute Gasteiger partial charge is 0.406 e. The number of ether oxygens (including phenoxy) is 1. The first kappa shape index (κ1) is 22.1. The van der Waals surface area contributed by atoms with Crippen LogP contribution in [0.3, 0.4) is 0 Å². The van der Waals surface area contributed by atoms with Crippen molar-refractivity contribution in [1.82, 2.24) is 9.62 Å². The van der Waals surface area contributed by atoms with Crippen LogP contribution in [0.4, 0.5) is 23.7 Å². The van der Waals surface area contributed by atoms with E-state index in [1.165, 1.54) is 12.1 Å². The number of halogens is 3. The van der Waals surface area contributed by atoms with Gasteiger partial charge in [0.1, 0.15) is 16.7 Å². The molecule has 1 aliphatic rings. The zero-order chi connectivity index (χ0) is 21.7. The molecule has 1 saturated heterocycles. The number of hydrogen-bond donors (Lipinski definition) is 2. The topological polar surface area (TPSA) is 70.7 Å². The molecule has 2 N–H and O–H groups in total. The summed E-state index contributed by atoms with van der Waals surface area (Å²) in [5, 5.41) is 5.42. The van der Waals surface area contributed by atoms with E-state index in [4.69, 9.17) is 0 Å². The standard InChI is InChI=1S/C20H22F3N3O3S/c1-14-2-8-18(9-3-14)30(28)26-12-10-16(11-13-26)25-19(27)24-15-4-6-17(7-5-15)29-20(21,22)23/h2-9,16H,10-13H2,1H3,(H2,24,25,27). The van der Waals surface area contributed by atoms with Crippen molar-refractivity contribution in [3.05, 3.63) is 54.1 Å². The number of amides is 2. The van der Waals surface area contributed by atoms with Gasteiger partial charge in [-0.1, -0.05) is 17.7 Å². The van der Waals surface area contributed by atoms with E-state index in [9.17, 15) is 22.2 Å². The van der Waals surface area contributed by atoms with Crippen molar-refractivity contribution >= 4 is 22.7 Å². The van der Waals surface area contributed by atoms with Crippen molar-refractivity contribution in [2.75, 3.05) is 18.4 Å². The van der Waals surface area contributed by atoms with Crippen LogP contribution in [0.25, 0.3) is 0 Å². The van der Waals surface area contributed by atoms with Gasteiger partial charge in [-0.15, -0.1) is 13.2 Å². The molecule has 1 atom stereocenters.